The van der Waals surface area contributed by atoms with Crippen molar-refractivity contribution >= 4 is 21.6 Å². The second-order valence-electron chi connectivity index (χ2n) is 5.39. The van der Waals surface area contributed by atoms with E-state index in [0.717, 1.165) is 25.7 Å². The minimum Gasteiger partial charge on any atom is -0.215 e. The lowest BCUT2D eigenvalue weighted by molar-refractivity contribution is 0.383. The summed E-state index contributed by atoms with van der Waals surface area (Å²) in [5, 5.41) is 0. The van der Waals surface area contributed by atoms with Crippen molar-refractivity contribution in [3.63, 3.8) is 0 Å². The van der Waals surface area contributed by atoms with E-state index in [2.05, 4.69) is 11.6 Å². The SMILES string of the molecule is CCC(CCCl)CNS(=O)(=O)CC1CCCCC1. The summed E-state index contributed by atoms with van der Waals surface area (Å²) in [4.78, 5) is 0. The van der Waals surface area contributed by atoms with Crippen molar-refractivity contribution in [3.05, 3.63) is 0 Å². The van der Waals surface area contributed by atoms with Gasteiger partial charge in [-0.05, 0) is 31.1 Å². The molecule has 0 radical (unpaired) electrons. The van der Waals surface area contributed by atoms with Crippen molar-refractivity contribution in [2.45, 2.75) is 51.9 Å². The summed E-state index contributed by atoms with van der Waals surface area (Å²) in [5.74, 6) is 1.64. The van der Waals surface area contributed by atoms with E-state index in [1.807, 2.05) is 0 Å². The van der Waals surface area contributed by atoms with Crippen LogP contribution in [0, 0.1) is 11.8 Å². The zero-order valence-corrected chi connectivity index (χ0v) is 12.9. The number of sulfonamides is 1. The third-order valence-corrected chi connectivity index (χ3v) is 5.60. The van der Waals surface area contributed by atoms with Crippen molar-refractivity contribution < 1.29 is 8.42 Å². The molecule has 0 bridgehead atoms. The summed E-state index contributed by atoms with van der Waals surface area (Å²) in [7, 11) is -3.10. The Morgan fingerprint density at radius 3 is 2.50 bits per heavy atom. The molecule has 1 rings (SSSR count). The lowest BCUT2D eigenvalue weighted by Gasteiger charge is -2.22. The third kappa shape index (κ3) is 6.39. The van der Waals surface area contributed by atoms with Gasteiger partial charge in [-0.25, -0.2) is 13.1 Å². The minimum absolute atomic E-state index is 0.310. The Labute approximate surface area is 117 Å². The lowest BCUT2D eigenvalue weighted by atomic mass is 9.91. The van der Waals surface area contributed by atoms with Crippen molar-refractivity contribution in [2.24, 2.45) is 11.8 Å². The molecule has 0 aromatic carbocycles. The van der Waals surface area contributed by atoms with E-state index >= 15 is 0 Å². The Bertz CT molecular complexity index is 313. The maximum absolute atomic E-state index is 12.0. The van der Waals surface area contributed by atoms with Gasteiger partial charge in [0.1, 0.15) is 0 Å². The van der Waals surface area contributed by atoms with Crippen LogP contribution in [0.2, 0.25) is 0 Å². The van der Waals surface area contributed by atoms with Crippen LogP contribution in [0.15, 0.2) is 0 Å². The Morgan fingerprint density at radius 1 is 1.28 bits per heavy atom. The quantitative estimate of drug-likeness (QED) is 0.699. The molecule has 108 valence electrons. The van der Waals surface area contributed by atoms with E-state index in [9.17, 15) is 8.42 Å². The van der Waals surface area contributed by atoms with Crippen LogP contribution in [-0.4, -0.2) is 26.6 Å². The first-order valence-corrected chi connectivity index (χ1v) is 9.29. The van der Waals surface area contributed by atoms with Crippen LogP contribution in [0.1, 0.15) is 51.9 Å². The number of hydrogen-bond donors (Lipinski definition) is 1. The molecule has 0 saturated heterocycles. The topological polar surface area (TPSA) is 46.2 Å². The summed E-state index contributed by atoms with van der Waals surface area (Å²) in [6.45, 7) is 2.62. The summed E-state index contributed by atoms with van der Waals surface area (Å²) in [5.41, 5.74) is 0. The Kier molecular flexibility index (Phi) is 7.57. The van der Waals surface area contributed by atoms with Crippen molar-refractivity contribution in [3.8, 4) is 0 Å². The summed E-state index contributed by atoms with van der Waals surface area (Å²) >= 11 is 5.70. The van der Waals surface area contributed by atoms with Crippen LogP contribution in [0.3, 0.4) is 0 Å². The standard InChI is InChI=1S/C13H26ClNO2S/c1-2-12(8-9-14)10-15-18(16,17)11-13-6-4-3-5-7-13/h12-13,15H,2-11H2,1H3. The first kappa shape index (κ1) is 16.3. The van der Waals surface area contributed by atoms with Gasteiger partial charge in [0.05, 0.1) is 5.75 Å². The molecule has 0 aliphatic heterocycles. The van der Waals surface area contributed by atoms with Crippen LogP contribution in [0.4, 0.5) is 0 Å². The van der Waals surface area contributed by atoms with Gasteiger partial charge in [0, 0.05) is 12.4 Å². The van der Waals surface area contributed by atoms with E-state index in [4.69, 9.17) is 11.6 Å². The maximum atomic E-state index is 12.0. The van der Waals surface area contributed by atoms with E-state index < -0.39 is 10.0 Å². The van der Waals surface area contributed by atoms with Crippen LogP contribution in [-0.2, 0) is 10.0 Å². The molecule has 1 unspecified atom stereocenters. The van der Waals surface area contributed by atoms with Gasteiger partial charge in [-0.15, -0.1) is 11.6 Å². The minimum atomic E-state index is -3.10. The number of hydrogen-bond acceptors (Lipinski definition) is 2. The highest BCUT2D eigenvalue weighted by Gasteiger charge is 2.21. The van der Waals surface area contributed by atoms with Crippen LogP contribution in [0.5, 0.6) is 0 Å². The summed E-state index contributed by atoms with van der Waals surface area (Å²) in [6, 6.07) is 0. The predicted molar refractivity (Wildman–Crippen MR) is 77.5 cm³/mol. The molecule has 1 fully saturated rings. The van der Waals surface area contributed by atoms with Gasteiger partial charge in [-0.3, -0.25) is 0 Å². The molecule has 3 nitrogen and oxygen atoms in total. The van der Waals surface area contributed by atoms with Crippen LogP contribution in [0.25, 0.3) is 0 Å². The molecule has 0 amide bonds. The van der Waals surface area contributed by atoms with Gasteiger partial charge in [-0.1, -0.05) is 32.6 Å². The maximum Gasteiger partial charge on any atom is 0.211 e. The van der Waals surface area contributed by atoms with E-state index in [-0.39, 0.29) is 0 Å². The molecule has 1 aliphatic carbocycles. The van der Waals surface area contributed by atoms with E-state index in [1.165, 1.54) is 19.3 Å². The highest BCUT2D eigenvalue weighted by atomic mass is 35.5. The smallest absolute Gasteiger partial charge is 0.211 e. The van der Waals surface area contributed by atoms with Crippen LogP contribution >= 0.6 is 11.6 Å². The molecule has 18 heavy (non-hydrogen) atoms. The fourth-order valence-electron chi connectivity index (χ4n) is 2.57. The molecule has 1 aliphatic rings. The van der Waals surface area contributed by atoms with Crippen molar-refractivity contribution in [1.82, 2.24) is 4.72 Å². The lowest BCUT2D eigenvalue weighted by Crippen LogP contribution is -2.34. The molecular weight excluding hydrogens is 270 g/mol. The van der Waals surface area contributed by atoms with Gasteiger partial charge in [0.15, 0.2) is 0 Å². The monoisotopic (exact) mass is 295 g/mol. The first-order chi connectivity index (χ1) is 8.57. The molecular formula is C13H26ClNO2S. The molecule has 0 heterocycles. The summed E-state index contributed by atoms with van der Waals surface area (Å²) in [6.07, 6.45) is 7.62. The van der Waals surface area contributed by atoms with E-state index in [1.54, 1.807) is 0 Å². The number of nitrogens with one attached hydrogen (secondary N) is 1. The Morgan fingerprint density at radius 2 is 1.94 bits per heavy atom. The molecule has 0 aromatic rings. The zero-order valence-electron chi connectivity index (χ0n) is 11.3. The van der Waals surface area contributed by atoms with Gasteiger partial charge >= 0.3 is 0 Å². The molecule has 0 aromatic heterocycles. The Hall–Kier alpha value is 0.200. The van der Waals surface area contributed by atoms with Gasteiger partial charge in [0.2, 0.25) is 10.0 Å². The normalized spacial score (nSPS) is 19.9. The largest absolute Gasteiger partial charge is 0.215 e. The number of alkyl halides is 1. The molecule has 1 saturated carbocycles. The summed E-state index contributed by atoms with van der Waals surface area (Å²) < 4.78 is 26.7. The third-order valence-electron chi connectivity index (χ3n) is 3.87. The molecule has 1 atom stereocenters. The highest BCUT2D eigenvalue weighted by Crippen LogP contribution is 2.24. The number of rotatable bonds is 8. The average molecular weight is 296 g/mol. The fourth-order valence-corrected chi connectivity index (χ4v) is 4.44. The Balaban J connectivity index is 2.33. The van der Waals surface area contributed by atoms with Gasteiger partial charge < -0.3 is 0 Å². The molecule has 0 spiro atoms. The first-order valence-electron chi connectivity index (χ1n) is 7.10. The second kappa shape index (κ2) is 8.39. The van der Waals surface area contributed by atoms with Crippen molar-refractivity contribution in [1.29, 1.82) is 0 Å². The molecule has 5 heteroatoms. The van der Waals surface area contributed by atoms with E-state index in [0.29, 0.717) is 30.0 Å². The average Bonchev–Trinajstić information content (AvgIpc) is 2.35. The van der Waals surface area contributed by atoms with Gasteiger partial charge in [-0.2, -0.15) is 0 Å². The van der Waals surface area contributed by atoms with Crippen LogP contribution < -0.4 is 4.72 Å². The fraction of sp³-hybridized carbons (Fsp3) is 1.00. The predicted octanol–water partition coefficient (Wildman–Crippen LogP) is 3.14. The molecule has 1 N–H and O–H groups in total. The highest BCUT2D eigenvalue weighted by molar-refractivity contribution is 7.89. The van der Waals surface area contributed by atoms with Gasteiger partial charge in [0.25, 0.3) is 0 Å². The number of halogens is 1. The zero-order chi connectivity index (χ0) is 13.4. The van der Waals surface area contributed by atoms with Crippen molar-refractivity contribution in [2.75, 3.05) is 18.2 Å². The second-order valence-corrected chi connectivity index (χ2v) is 7.62.